The zero-order chi connectivity index (χ0) is 24.2. The molecule has 1 amide bonds. The molecule has 4 aromatic rings. The molecule has 2 aromatic carbocycles. The number of hydrogen-bond donors (Lipinski definition) is 2. The van der Waals surface area contributed by atoms with Gasteiger partial charge in [-0.1, -0.05) is 23.4 Å². The van der Waals surface area contributed by atoms with Crippen LogP contribution >= 0.6 is 0 Å². The molecule has 180 valence electrons. The van der Waals surface area contributed by atoms with E-state index in [0.29, 0.717) is 48.0 Å². The quantitative estimate of drug-likeness (QED) is 0.420. The number of amides is 1. The number of likely N-dealkylation sites (tertiary alicyclic amines) is 1. The molecule has 1 unspecified atom stereocenters. The maximum absolute atomic E-state index is 13.1. The number of carbonyl (C=O) groups excluding carboxylic acids is 1. The van der Waals surface area contributed by atoms with Crippen molar-refractivity contribution < 1.29 is 13.7 Å². The van der Waals surface area contributed by atoms with Crippen LogP contribution in [0.1, 0.15) is 25.2 Å². The van der Waals surface area contributed by atoms with E-state index in [0.717, 1.165) is 24.8 Å². The van der Waals surface area contributed by atoms with E-state index in [9.17, 15) is 14.0 Å². The van der Waals surface area contributed by atoms with E-state index in [1.54, 1.807) is 18.2 Å². The number of halogens is 1. The first-order chi connectivity index (χ1) is 17.1. The fourth-order valence-electron chi connectivity index (χ4n) is 4.39. The minimum Gasteiger partial charge on any atom is -0.368 e. The van der Waals surface area contributed by atoms with Crippen LogP contribution in [0.5, 0.6) is 0 Å². The molecule has 2 N–H and O–H groups in total. The topological polar surface area (TPSA) is 117 Å². The molecule has 0 bridgehead atoms. The number of aryl methyl sites for hydroxylation is 1. The van der Waals surface area contributed by atoms with Crippen molar-refractivity contribution in [1.29, 1.82) is 0 Å². The minimum absolute atomic E-state index is 0.0452. The van der Waals surface area contributed by atoms with Crippen molar-refractivity contribution in [3.8, 4) is 11.4 Å². The van der Waals surface area contributed by atoms with Crippen LogP contribution in [-0.4, -0.2) is 50.8 Å². The van der Waals surface area contributed by atoms with Gasteiger partial charge in [0.2, 0.25) is 17.6 Å². The van der Waals surface area contributed by atoms with Crippen molar-refractivity contribution in [2.24, 2.45) is 5.92 Å². The monoisotopic (exact) mass is 476 g/mol. The van der Waals surface area contributed by atoms with E-state index in [4.69, 9.17) is 4.52 Å². The highest BCUT2D eigenvalue weighted by Crippen LogP contribution is 2.22. The Morgan fingerprint density at radius 3 is 2.80 bits per heavy atom. The van der Waals surface area contributed by atoms with Crippen molar-refractivity contribution in [3.63, 3.8) is 0 Å². The molecule has 0 radical (unpaired) electrons. The normalized spacial score (nSPS) is 15.9. The molecule has 1 aliphatic rings. The summed E-state index contributed by atoms with van der Waals surface area (Å²) in [6, 6.07) is 13.2. The Morgan fingerprint density at radius 1 is 1.17 bits per heavy atom. The molecule has 9 nitrogen and oxygen atoms in total. The maximum atomic E-state index is 13.1. The molecule has 1 atom stereocenters. The first-order valence-electron chi connectivity index (χ1n) is 11.6. The van der Waals surface area contributed by atoms with Crippen LogP contribution in [0.25, 0.3) is 22.2 Å². The second-order valence-electron chi connectivity index (χ2n) is 8.69. The van der Waals surface area contributed by atoms with Crippen LogP contribution in [0.2, 0.25) is 0 Å². The average molecular weight is 477 g/mol. The molecule has 35 heavy (non-hydrogen) atoms. The van der Waals surface area contributed by atoms with Gasteiger partial charge in [-0.15, -0.1) is 0 Å². The molecule has 0 spiro atoms. The molecular weight excluding hydrogens is 451 g/mol. The third-order valence-electron chi connectivity index (χ3n) is 6.25. The summed E-state index contributed by atoms with van der Waals surface area (Å²) < 4.78 is 18.4. The summed E-state index contributed by atoms with van der Waals surface area (Å²) in [7, 11) is 0. The standard InChI is InChI=1S/C25H25FN6O3/c26-18-9-7-17(8-10-18)23-28-21(35-31-23)11-12-22(33)32-13-3-4-16(15-32)14-27-24-19-5-1-2-6-20(19)25(34)30-29-24/h1-2,5-10,16H,3-4,11-15H2,(H,27,29)(H,30,34). The number of piperidine rings is 1. The summed E-state index contributed by atoms with van der Waals surface area (Å²) in [4.78, 5) is 31.0. The lowest BCUT2D eigenvalue weighted by molar-refractivity contribution is -0.132. The first kappa shape index (κ1) is 22.7. The van der Waals surface area contributed by atoms with Crippen molar-refractivity contribution >= 4 is 22.5 Å². The summed E-state index contributed by atoms with van der Waals surface area (Å²) in [6.45, 7) is 2.02. The Balaban J connectivity index is 1.15. The zero-order valence-electron chi connectivity index (χ0n) is 19.0. The van der Waals surface area contributed by atoms with Crippen LogP contribution in [0, 0.1) is 11.7 Å². The van der Waals surface area contributed by atoms with Gasteiger partial charge >= 0.3 is 0 Å². The van der Waals surface area contributed by atoms with Gasteiger partial charge in [0.05, 0.1) is 5.39 Å². The number of rotatable bonds is 7. The lowest BCUT2D eigenvalue weighted by atomic mass is 9.97. The SMILES string of the molecule is O=C(CCc1nc(-c2ccc(F)cc2)no1)N1CCCC(CNc2n[nH]c(=O)c3ccccc23)C1. The summed E-state index contributed by atoms with van der Waals surface area (Å²) >= 11 is 0. The minimum atomic E-state index is -0.332. The van der Waals surface area contributed by atoms with Gasteiger partial charge in [0.15, 0.2) is 5.82 Å². The zero-order valence-corrected chi connectivity index (χ0v) is 19.0. The smallest absolute Gasteiger partial charge is 0.272 e. The van der Waals surface area contributed by atoms with Crippen LogP contribution in [-0.2, 0) is 11.2 Å². The molecule has 5 rings (SSSR count). The Hall–Kier alpha value is -4.08. The first-order valence-corrected chi connectivity index (χ1v) is 11.6. The largest absolute Gasteiger partial charge is 0.368 e. The summed E-state index contributed by atoms with van der Waals surface area (Å²) in [5.41, 5.74) is 0.440. The number of nitrogens with one attached hydrogen (secondary N) is 2. The number of H-pyrrole nitrogens is 1. The van der Waals surface area contributed by atoms with E-state index in [-0.39, 0.29) is 29.6 Å². The molecule has 1 fully saturated rings. The van der Waals surface area contributed by atoms with E-state index >= 15 is 0 Å². The van der Waals surface area contributed by atoms with Gasteiger partial charge in [-0.05, 0) is 49.1 Å². The molecule has 0 aliphatic carbocycles. The van der Waals surface area contributed by atoms with Gasteiger partial charge in [-0.25, -0.2) is 9.49 Å². The van der Waals surface area contributed by atoms with E-state index < -0.39 is 0 Å². The Morgan fingerprint density at radius 2 is 1.97 bits per heavy atom. The van der Waals surface area contributed by atoms with Crippen molar-refractivity contribution in [2.75, 3.05) is 25.0 Å². The van der Waals surface area contributed by atoms with Gasteiger partial charge in [0, 0.05) is 43.4 Å². The predicted molar refractivity (Wildman–Crippen MR) is 128 cm³/mol. The van der Waals surface area contributed by atoms with E-state index in [2.05, 4.69) is 25.7 Å². The number of nitrogens with zero attached hydrogens (tertiary/aromatic N) is 4. The molecule has 2 aromatic heterocycles. The maximum Gasteiger partial charge on any atom is 0.272 e. The van der Waals surface area contributed by atoms with Crippen molar-refractivity contribution in [1.82, 2.24) is 25.2 Å². The Bertz CT molecular complexity index is 1380. The summed E-state index contributed by atoms with van der Waals surface area (Å²) in [6.07, 6.45) is 2.55. The van der Waals surface area contributed by atoms with Crippen LogP contribution < -0.4 is 10.9 Å². The predicted octanol–water partition coefficient (Wildman–Crippen LogP) is 3.40. The molecule has 1 saturated heterocycles. The second-order valence-corrected chi connectivity index (χ2v) is 8.69. The van der Waals surface area contributed by atoms with Crippen LogP contribution in [0.4, 0.5) is 10.2 Å². The van der Waals surface area contributed by atoms with Gasteiger partial charge < -0.3 is 14.7 Å². The number of aromatic nitrogens is 4. The average Bonchev–Trinajstić information content (AvgIpc) is 3.37. The van der Waals surface area contributed by atoms with Gasteiger partial charge in [-0.2, -0.15) is 10.1 Å². The number of benzene rings is 2. The van der Waals surface area contributed by atoms with Gasteiger partial charge in [-0.3, -0.25) is 9.59 Å². The summed E-state index contributed by atoms with van der Waals surface area (Å²) in [5.74, 6) is 1.37. The second kappa shape index (κ2) is 10.0. The lowest BCUT2D eigenvalue weighted by Gasteiger charge is -2.33. The fraction of sp³-hybridized carbons (Fsp3) is 0.320. The molecular formula is C25H25FN6O3. The van der Waals surface area contributed by atoms with Gasteiger partial charge in [0.1, 0.15) is 5.82 Å². The molecule has 1 aliphatic heterocycles. The lowest BCUT2D eigenvalue weighted by Crippen LogP contribution is -2.42. The number of anilines is 1. The van der Waals surface area contributed by atoms with Crippen molar-refractivity contribution in [2.45, 2.75) is 25.7 Å². The van der Waals surface area contributed by atoms with E-state index in [1.807, 2.05) is 23.1 Å². The van der Waals surface area contributed by atoms with Crippen molar-refractivity contribution in [3.05, 3.63) is 70.6 Å². The van der Waals surface area contributed by atoms with Crippen LogP contribution in [0.3, 0.4) is 0 Å². The summed E-state index contributed by atoms with van der Waals surface area (Å²) in [5, 5.41) is 15.3. The van der Waals surface area contributed by atoms with Gasteiger partial charge in [0.25, 0.3) is 5.56 Å². The third-order valence-corrected chi connectivity index (χ3v) is 6.25. The number of carbonyl (C=O) groups is 1. The number of aromatic amines is 1. The molecule has 3 heterocycles. The Kier molecular flexibility index (Phi) is 6.51. The highest BCUT2D eigenvalue weighted by Gasteiger charge is 2.24. The molecule has 0 saturated carbocycles. The molecule has 10 heteroatoms. The third kappa shape index (κ3) is 5.21. The highest BCUT2D eigenvalue weighted by atomic mass is 19.1. The Labute approximate surface area is 200 Å². The van der Waals surface area contributed by atoms with Crippen LogP contribution in [0.15, 0.2) is 57.8 Å². The highest BCUT2D eigenvalue weighted by molar-refractivity contribution is 5.90. The fourth-order valence-corrected chi connectivity index (χ4v) is 4.39. The van der Waals surface area contributed by atoms with E-state index in [1.165, 1.54) is 12.1 Å². The number of fused-ring (bicyclic) bond motifs is 1. The number of hydrogen-bond acceptors (Lipinski definition) is 7.